The van der Waals surface area contributed by atoms with E-state index in [9.17, 15) is 0 Å². The topological polar surface area (TPSA) is 16.1 Å². The van der Waals surface area contributed by atoms with Crippen LogP contribution in [0.15, 0.2) is 79.0 Å². The summed E-state index contributed by atoms with van der Waals surface area (Å²) in [5.74, 6) is 1.07. The van der Waals surface area contributed by atoms with Crippen LogP contribution in [0, 0.1) is 0 Å². The van der Waals surface area contributed by atoms with Crippen molar-refractivity contribution in [3.05, 3.63) is 95.7 Å². The number of aromatic nitrogens is 1. The summed E-state index contributed by atoms with van der Waals surface area (Å²) in [6, 6.07) is 26.1. The molecule has 2 heteroatoms. The van der Waals surface area contributed by atoms with Gasteiger partial charge in [0.2, 0.25) is 0 Å². The second kappa shape index (κ2) is 6.25. The van der Waals surface area contributed by atoms with Gasteiger partial charge in [0.05, 0.1) is 6.04 Å². The zero-order valence-electron chi connectivity index (χ0n) is 13.1. The van der Waals surface area contributed by atoms with Crippen molar-refractivity contribution in [3.8, 4) is 0 Å². The third-order valence-corrected chi connectivity index (χ3v) is 4.63. The van der Waals surface area contributed by atoms with E-state index in [0.717, 1.165) is 25.2 Å². The summed E-state index contributed by atoms with van der Waals surface area (Å²) < 4.78 is 0. The van der Waals surface area contributed by atoms with Crippen molar-refractivity contribution in [3.63, 3.8) is 0 Å². The lowest BCUT2D eigenvalue weighted by molar-refractivity contribution is 0.573. The highest BCUT2D eigenvalue weighted by Gasteiger charge is 2.28. The maximum Gasteiger partial charge on any atom is 0.128 e. The molecule has 1 aliphatic rings. The number of nitrogens with zero attached hydrogens (tertiary/aromatic N) is 2. The van der Waals surface area contributed by atoms with Crippen molar-refractivity contribution in [1.82, 2.24) is 4.98 Å². The first-order chi connectivity index (χ1) is 11.4. The first kappa shape index (κ1) is 14.0. The lowest BCUT2D eigenvalue weighted by atomic mass is 9.88. The molecule has 1 aliphatic heterocycles. The molecule has 114 valence electrons. The fourth-order valence-electron chi connectivity index (χ4n) is 3.51. The van der Waals surface area contributed by atoms with Gasteiger partial charge in [-0.3, -0.25) is 0 Å². The Morgan fingerprint density at radius 2 is 1.65 bits per heavy atom. The zero-order chi connectivity index (χ0) is 15.5. The van der Waals surface area contributed by atoms with Crippen LogP contribution in [-0.2, 0) is 12.8 Å². The predicted molar refractivity (Wildman–Crippen MR) is 94.6 cm³/mol. The van der Waals surface area contributed by atoms with Crippen LogP contribution in [-0.4, -0.2) is 11.5 Å². The Kier molecular flexibility index (Phi) is 3.81. The number of rotatable bonds is 3. The quantitative estimate of drug-likeness (QED) is 0.711. The Morgan fingerprint density at radius 1 is 0.870 bits per heavy atom. The van der Waals surface area contributed by atoms with Crippen LogP contribution in [0.3, 0.4) is 0 Å². The van der Waals surface area contributed by atoms with E-state index in [4.69, 9.17) is 0 Å². The molecule has 1 unspecified atom stereocenters. The predicted octanol–water partition coefficient (Wildman–Crippen LogP) is 4.43. The Labute approximate surface area is 137 Å². The van der Waals surface area contributed by atoms with Gasteiger partial charge in [0.15, 0.2) is 0 Å². The molecule has 2 nitrogen and oxygen atoms in total. The summed E-state index contributed by atoms with van der Waals surface area (Å²) in [7, 11) is 0. The molecule has 1 atom stereocenters. The average Bonchev–Trinajstić information content (AvgIpc) is 2.64. The SMILES string of the molecule is c1ccc(CC2c3ccccc3CCN2c2ccccn2)cc1. The third-order valence-electron chi connectivity index (χ3n) is 4.63. The van der Waals surface area contributed by atoms with Crippen LogP contribution in [0.25, 0.3) is 0 Å². The Bertz CT molecular complexity index is 768. The Balaban J connectivity index is 1.74. The number of fused-ring (bicyclic) bond motifs is 1. The second-order valence-corrected chi connectivity index (χ2v) is 6.04. The molecular weight excluding hydrogens is 280 g/mol. The van der Waals surface area contributed by atoms with Crippen LogP contribution < -0.4 is 4.90 Å². The maximum absolute atomic E-state index is 4.59. The normalized spacial score (nSPS) is 16.9. The number of anilines is 1. The largest absolute Gasteiger partial charge is 0.349 e. The maximum atomic E-state index is 4.59. The van der Waals surface area contributed by atoms with Gasteiger partial charge in [0.25, 0.3) is 0 Å². The highest BCUT2D eigenvalue weighted by atomic mass is 15.2. The molecule has 0 radical (unpaired) electrons. The monoisotopic (exact) mass is 300 g/mol. The number of benzene rings is 2. The van der Waals surface area contributed by atoms with Gasteiger partial charge in [0.1, 0.15) is 5.82 Å². The highest BCUT2D eigenvalue weighted by molar-refractivity contribution is 5.48. The summed E-state index contributed by atoms with van der Waals surface area (Å²) >= 11 is 0. The first-order valence-electron chi connectivity index (χ1n) is 8.21. The summed E-state index contributed by atoms with van der Waals surface area (Å²) in [5, 5.41) is 0. The molecular formula is C21H20N2. The lowest BCUT2D eigenvalue weighted by Crippen LogP contribution is -2.37. The van der Waals surface area contributed by atoms with Crippen LogP contribution in [0.5, 0.6) is 0 Å². The summed E-state index contributed by atoms with van der Waals surface area (Å²) in [6.07, 6.45) is 3.97. The average molecular weight is 300 g/mol. The van der Waals surface area contributed by atoms with Gasteiger partial charge >= 0.3 is 0 Å². The van der Waals surface area contributed by atoms with Crippen molar-refractivity contribution in [1.29, 1.82) is 0 Å². The van der Waals surface area contributed by atoms with E-state index < -0.39 is 0 Å². The lowest BCUT2D eigenvalue weighted by Gasteiger charge is -2.38. The molecule has 0 amide bonds. The van der Waals surface area contributed by atoms with Gasteiger partial charge < -0.3 is 4.90 Å². The van der Waals surface area contributed by atoms with Crippen molar-refractivity contribution in [2.45, 2.75) is 18.9 Å². The Morgan fingerprint density at radius 3 is 2.48 bits per heavy atom. The molecule has 2 heterocycles. The molecule has 0 fully saturated rings. The van der Waals surface area contributed by atoms with E-state index in [0.29, 0.717) is 6.04 Å². The fourth-order valence-corrected chi connectivity index (χ4v) is 3.51. The molecule has 0 N–H and O–H groups in total. The van der Waals surface area contributed by atoms with Crippen molar-refractivity contribution in [2.75, 3.05) is 11.4 Å². The zero-order valence-corrected chi connectivity index (χ0v) is 13.1. The van der Waals surface area contributed by atoms with Crippen LogP contribution in [0.2, 0.25) is 0 Å². The fraction of sp³-hybridized carbons (Fsp3) is 0.190. The summed E-state index contributed by atoms with van der Waals surface area (Å²) in [4.78, 5) is 7.05. The minimum atomic E-state index is 0.345. The molecule has 2 aromatic carbocycles. The van der Waals surface area contributed by atoms with E-state index in [1.807, 2.05) is 12.3 Å². The smallest absolute Gasteiger partial charge is 0.128 e. The van der Waals surface area contributed by atoms with Gasteiger partial charge in [-0.1, -0.05) is 60.7 Å². The van der Waals surface area contributed by atoms with E-state index in [2.05, 4.69) is 76.6 Å². The molecule has 3 aromatic rings. The molecule has 0 saturated heterocycles. The molecule has 0 saturated carbocycles. The molecule has 23 heavy (non-hydrogen) atoms. The second-order valence-electron chi connectivity index (χ2n) is 6.04. The molecule has 1 aromatic heterocycles. The highest BCUT2D eigenvalue weighted by Crippen LogP contribution is 2.34. The molecule has 0 spiro atoms. The van der Waals surface area contributed by atoms with E-state index in [1.54, 1.807) is 0 Å². The van der Waals surface area contributed by atoms with Crippen molar-refractivity contribution >= 4 is 5.82 Å². The van der Waals surface area contributed by atoms with Gasteiger partial charge in [-0.05, 0) is 41.7 Å². The standard InChI is InChI=1S/C21H20N2/c1-2-8-17(9-3-1)16-20-19-11-5-4-10-18(19)13-15-23(20)21-12-6-7-14-22-21/h1-12,14,20H,13,15-16H2. The molecule has 0 aliphatic carbocycles. The van der Waals surface area contributed by atoms with Gasteiger partial charge in [-0.25, -0.2) is 4.98 Å². The molecule has 4 rings (SSSR count). The van der Waals surface area contributed by atoms with Gasteiger partial charge in [0, 0.05) is 12.7 Å². The summed E-state index contributed by atoms with van der Waals surface area (Å²) in [6.45, 7) is 1.02. The molecule has 0 bridgehead atoms. The van der Waals surface area contributed by atoms with E-state index >= 15 is 0 Å². The number of hydrogen-bond acceptors (Lipinski definition) is 2. The number of hydrogen-bond donors (Lipinski definition) is 0. The number of pyridine rings is 1. The minimum absolute atomic E-state index is 0.345. The van der Waals surface area contributed by atoms with Crippen LogP contribution in [0.4, 0.5) is 5.82 Å². The van der Waals surface area contributed by atoms with E-state index in [-0.39, 0.29) is 0 Å². The van der Waals surface area contributed by atoms with E-state index in [1.165, 1.54) is 16.7 Å². The Hall–Kier alpha value is -2.61. The van der Waals surface area contributed by atoms with Crippen molar-refractivity contribution in [2.24, 2.45) is 0 Å². The third kappa shape index (κ3) is 2.85. The van der Waals surface area contributed by atoms with Gasteiger partial charge in [-0.2, -0.15) is 0 Å². The van der Waals surface area contributed by atoms with Crippen LogP contribution in [0.1, 0.15) is 22.7 Å². The minimum Gasteiger partial charge on any atom is -0.349 e. The van der Waals surface area contributed by atoms with Gasteiger partial charge in [-0.15, -0.1) is 0 Å². The van der Waals surface area contributed by atoms with Crippen LogP contribution >= 0.6 is 0 Å². The van der Waals surface area contributed by atoms with Crippen molar-refractivity contribution < 1.29 is 0 Å². The summed E-state index contributed by atoms with van der Waals surface area (Å²) in [5.41, 5.74) is 4.28. The first-order valence-corrected chi connectivity index (χ1v) is 8.21.